The van der Waals surface area contributed by atoms with Crippen LogP contribution in [0.5, 0.6) is 0 Å². The SMILES string of the molecule is CC(C)(C)[NH-].C[SiH]C.C[Si](C)C.[C-]1=CC=CC1.[H-].[H-].[Zr+2]. The van der Waals surface area contributed by atoms with E-state index in [9.17, 15) is 0 Å². The zero-order chi connectivity index (χ0) is 14.3. The molecule has 0 atom stereocenters. The Labute approximate surface area is 142 Å². The minimum absolute atomic E-state index is 0. The Morgan fingerprint density at radius 1 is 1.22 bits per heavy atom. The van der Waals surface area contributed by atoms with Gasteiger partial charge in [-0.15, -0.1) is 12.0 Å². The Morgan fingerprint density at radius 2 is 1.50 bits per heavy atom. The van der Waals surface area contributed by atoms with Gasteiger partial charge in [-0.1, -0.05) is 53.5 Å². The molecule has 108 valence electrons. The van der Waals surface area contributed by atoms with E-state index in [-0.39, 0.29) is 43.4 Å². The topological polar surface area (TPSA) is 23.8 Å². The zero-order valence-corrected chi connectivity index (χ0v) is 18.1. The second-order valence-electron chi connectivity index (χ2n) is 5.33. The van der Waals surface area contributed by atoms with Crippen molar-refractivity contribution < 1.29 is 29.1 Å². The molecule has 18 heavy (non-hydrogen) atoms. The predicted molar refractivity (Wildman–Crippen MR) is 90.1 cm³/mol. The number of hydrogen-bond donors (Lipinski definition) is 0. The smallest absolute Gasteiger partial charge is 1.00 e. The first-order valence-corrected chi connectivity index (χ1v) is 11.4. The summed E-state index contributed by atoms with van der Waals surface area (Å²) in [6.45, 7) is 16.8. The third kappa shape index (κ3) is 126. The van der Waals surface area contributed by atoms with Gasteiger partial charge in [-0.25, -0.2) is 12.2 Å². The molecule has 0 saturated carbocycles. The molecule has 1 nitrogen and oxygen atoms in total. The van der Waals surface area contributed by atoms with Gasteiger partial charge in [0.2, 0.25) is 0 Å². The maximum absolute atomic E-state index is 6.94. The molecule has 0 bridgehead atoms. The predicted octanol–water partition coefficient (Wildman–Crippen LogP) is 5.25. The van der Waals surface area contributed by atoms with Gasteiger partial charge >= 0.3 is 26.2 Å². The van der Waals surface area contributed by atoms with E-state index in [1.165, 1.54) is 0 Å². The number of hydrogen-bond acceptors (Lipinski definition) is 0. The van der Waals surface area contributed by atoms with Crippen molar-refractivity contribution in [2.24, 2.45) is 0 Å². The van der Waals surface area contributed by atoms with Crippen molar-refractivity contribution in [3.63, 3.8) is 0 Å². The van der Waals surface area contributed by atoms with Crippen molar-refractivity contribution in [3.05, 3.63) is 30.0 Å². The average molecular weight is 363 g/mol. The Balaban J connectivity index is -0.0000000317. The summed E-state index contributed by atoms with van der Waals surface area (Å²) in [5, 5.41) is 0. The summed E-state index contributed by atoms with van der Waals surface area (Å²) >= 11 is 0. The van der Waals surface area contributed by atoms with Gasteiger partial charge in [0.25, 0.3) is 0 Å². The van der Waals surface area contributed by atoms with Gasteiger partial charge in [-0.3, -0.25) is 6.08 Å². The first kappa shape index (κ1) is 27.2. The molecule has 0 amide bonds. The number of rotatable bonds is 0. The van der Waals surface area contributed by atoms with Crippen LogP contribution in [0, 0.1) is 6.08 Å². The van der Waals surface area contributed by atoms with Crippen molar-refractivity contribution in [1.82, 2.24) is 0 Å². The molecule has 1 aliphatic carbocycles. The van der Waals surface area contributed by atoms with Gasteiger partial charge in [0.15, 0.2) is 0 Å². The van der Waals surface area contributed by atoms with E-state index in [0.717, 1.165) is 15.9 Å². The molecular formula is C14H33NSi2Zr-2. The van der Waals surface area contributed by atoms with E-state index in [0.29, 0.717) is 0 Å². The molecule has 1 aliphatic rings. The normalized spacial score (nSPS) is 11.2. The molecule has 4 heteroatoms. The molecule has 2 radical (unpaired) electrons. The Morgan fingerprint density at radius 3 is 1.56 bits per heavy atom. The van der Waals surface area contributed by atoms with Crippen LogP contribution in [0.3, 0.4) is 0 Å². The molecule has 0 spiro atoms. The van der Waals surface area contributed by atoms with Crippen molar-refractivity contribution in [1.29, 1.82) is 0 Å². The summed E-state index contributed by atoms with van der Waals surface area (Å²) in [6.07, 6.45) is 10.0. The van der Waals surface area contributed by atoms with E-state index in [4.69, 9.17) is 5.73 Å². The summed E-state index contributed by atoms with van der Waals surface area (Å²) in [6, 6.07) is 0. The van der Waals surface area contributed by atoms with Gasteiger partial charge in [0, 0.05) is 18.3 Å². The molecule has 0 aromatic heterocycles. The Bertz CT molecular complexity index is 175. The molecule has 0 saturated heterocycles. The third-order valence-electron chi connectivity index (χ3n) is 0.586. The van der Waals surface area contributed by atoms with Crippen molar-refractivity contribution >= 4 is 18.3 Å². The minimum atomic E-state index is -0.250. The van der Waals surface area contributed by atoms with E-state index in [2.05, 4.69) is 44.9 Å². The molecule has 0 unspecified atom stereocenters. The zero-order valence-electron chi connectivity index (χ0n) is 15.5. The monoisotopic (exact) mass is 361 g/mol. The summed E-state index contributed by atoms with van der Waals surface area (Å²) in [5.41, 5.74) is 6.69. The van der Waals surface area contributed by atoms with Crippen LogP contribution in [-0.2, 0) is 26.2 Å². The number of nitrogens with one attached hydrogen (secondary N) is 1. The van der Waals surface area contributed by atoms with Crippen LogP contribution < -0.4 is 0 Å². The van der Waals surface area contributed by atoms with E-state index in [1.54, 1.807) is 0 Å². The van der Waals surface area contributed by atoms with Crippen molar-refractivity contribution in [2.45, 2.75) is 65.5 Å². The van der Waals surface area contributed by atoms with Gasteiger partial charge in [-0.2, -0.15) is 6.08 Å². The second-order valence-corrected chi connectivity index (χ2v) is 9.49. The summed E-state index contributed by atoms with van der Waals surface area (Å²) in [7, 11) is 0.870. The third-order valence-corrected chi connectivity index (χ3v) is 0.586. The molecule has 0 aromatic carbocycles. The van der Waals surface area contributed by atoms with Crippen LogP contribution in [0.4, 0.5) is 0 Å². The van der Waals surface area contributed by atoms with Crippen LogP contribution in [0.1, 0.15) is 30.0 Å². The van der Waals surface area contributed by atoms with Gasteiger partial charge in [0.05, 0.1) is 0 Å². The Hall–Kier alpha value is 0.757. The first-order valence-electron chi connectivity index (χ1n) is 6.12. The van der Waals surface area contributed by atoms with Crippen molar-refractivity contribution in [2.75, 3.05) is 0 Å². The molecule has 1 rings (SSSR count). The fraction of sp³-hybridized carbons (Fsp3) is 0.714. The van der Waals surface area contributed by atoms with E-state index >= 15 is 0 Å². The van der Waals surface area contributed by atoms with E-state index in [1.807, 2.05) is 32.9 Å². The van der Waals surface area contributed by atoms with Gasteiger partial charge in [-0.05, 0) is 0 Å². The van der Waals surface area contributed by atoms with Crippen molar-refractivity contribution in [3.8, 4) is 0 Å². The molecule has 0 aromatic rings. The maximum Gasteiger partial charge on any atom is 2.00 e. The maximum atomic E-state index is 6.94. The molecule has 0 aliphatic heterocycles. The minimum Gasteiger partial charge on any atom is -1.00 e. The molecule has 1 N–H and O–H groups in total. The molecule has 0 heterocycles. The summed E-state index contributed by atoms with van der Waals surface area (Å²) < 4.78 is 0. The Kier molecular flexibility index (Phi) is 30.3. The summed E-state index contributed by atoms with van der Waals surface area (Å²) in [5.74, 6) is 0. The molecule has 0 fully saturated rings. The first-order chi connectivity index (χ1) is 7.65. The van der Waals surface area contributed by atoms with Gasteiger partial charge < -0.3 is 8.59 Å². The fourth-order valence-electron chi connectivity index (χ4n) is 0.340. The fourth-order valence-corrected chi connectivity index (χ4v) is 0.340. The molecular weight excluding hydrogens is 330 g/mol. The van der Waals surface area contributed by atoms with Gasteiger partial charge in [0.1, 0.15) is 0 Å². The van der Waals surface area contributed by atoms with Crippen LogP contribution in [0.15, 0.2) is 18.2 Å². The largest absolute Gasteiger partial charge is 2.00 e. The standard InChI is InChI=1S/C5H5.C4H10N.C3H9Si.C2H7Si.Zr.2H/c1-2-4-5-3-1;1-4(2,3)5;1-4(2)3;1-3-2;;;/h1-3H,4H2;5H,1-3H3;1-3H3;3H,1-2H3;;;/q2*-1;;;+2;2*-1. The average Bonchev–Trinajstić information content (AvgIpc) is 2.54. The quantitative estimate of drug-likeness (QED) is 0.415. The summed E-state index contributed by atoms with van der Waals surface area (Å²) in [4.78, 5) is 0. The van der Waals surface area contributed by atoms with Crippen LogP contribution in [0.2, 0.25) is 32.7 Å². The van der Waals surface area contributed by atoms with Crippen LogP contribution in [0.25, 0.3) is 5.73 Å². The number of allylic oxidation sites excluding steroid dienone is 4. The van der Waals surface area contributed by atoms with Crippen LogP contribution in [-0.4, -0.2) is 23.9 Å². The van der Waals surface area contributed by atoms with E-state index < -0.39 is 0 Å². The van der Waals surface area contributed by atoms with Crippen LogP contribution >= 0.6 is 0 Å². The second kappa shape index (κ2) is 20.1.